The molecule has 0 radical (unpaired) electrons. The fraction of sp³-hybridized carbons (Fsp3) is 0.529. The Morgan fingerprint density at radius 2 is 2.05 bits per heavy atom. The van der Waals surface area contributed by atoms with Crippen molar-refractivity contribution in [3.05, 3.63) is 42.0 Å². The molecule has 1 N–H and O–H groups in total. The quantitative estimate of drug-likeness (QED) is 0.470. The smallest absolute Gasteiger partial charge is 0.0106 e. The maximum absolute atomic E-state index is 3.62. The minimum atomic E-state index is 0.763. The zero-order chi connectivity index (χ0) is 13.5. The summed E-state index contributed by atoms with van der Waals surface area (Å²) in [6.45, 7) is 6.88. The molecular formula is C17H25NS. The summed E-state index contributed by atoms with van der Waals surface area (Å²) in [5, 5.41) is 3.62. The van der Waals surface area contributed by atoms with Crippen LogP contribution in [-0.2, 0) is 0 Å². The Kier molecular flexibility index (Phi) is 5.99. The van der Waals surface area contributed by atoms with Crippen LogP contribution in [-0.4, -0.2) is 18.8 Å². The highest BCUT2D eigenvalue weighted by Crippen LogP contribution is 2.27. The highest BCUT2D eigenvalue weighted by atomic mass is 32.2. The molecule has 0 amide bonds. The van der Waals surface area contributed by atoms with Crippen molar-refractivity contribution in [1.82, 2.24) is 5.32 Å². The number of benzene rings is 1. The summed E-state index contributed by atoms with van der Waals surface area (Å²) in [7, 11) is 0. The maximum Gasteiger partial charge on any atom is 0.0106 e. The van der Waals surface area contributed by atoms with Gasteiger partial charge in [-0.25, -0.2) is 0 Å². The normalized spacial score (nSPS) is 23.2. The van der Waals surface area contributed by atoms with Gasteiger partial charge < -0.3 is 5.32 Å². The molecule has 1 aliphatic rings. The zero-order valence-corrected chi connectivity index (χ0v) is 12.9. The van der Waals surface area contributed by atoms with Gasteiger partial charge in [0.1, 0.15) is 0 Å². The van der Waals surface area contributed by atoms with Gasteiger partial charge in [0.2, 0.25) is 0 Å². The Bertz CT molecular complexity index is 399. The van der Waals surface area contributed by atoms with E-state index in [1.165, 1.54) is 24.3 Å². The Morgan fingerprint density at radius 1 is 1.26 bits per heavy atom. The lowest BCUT2D eigenvalue weighted by molar-refractivity contribution is 0.385. The van der Waals surface area contributed by atoms with Gasteiger partial charge in [-0.15, -0.1) is 11.8 Å². The second-order valence-electron chi connectivity index (χ2n) is 5.66. The summed E-state index contributed by atoms with van der Waals surface area (Å²) >= 11 is 1.93. The lowest BCUT2D eigenvalue weighted by Gasteiger charge is -2.25. The number of allylic oxidation sites excluding steroid dienone is 2. The van der Waals surface area contributed by atoms with Crippen LogP contribution in [0.15, 0.2) is 46.9 Å². The molecule has 0 aromatic heterocycles. The van der Waals surface area contributed by atoms with E-state index in [-0.39, 0.29) is 0 Å². The molecule has 19 heavy (non-hydrogen) atoms. The van der Waals surface area contributed by atoms with Crippen molar-refractivity contribution in [2.24, 2.45) is 11.8 Å². The lowest BCUT2D eigenvalue weighted by atomic mass is 9.84. The standard InChI is InChI=1S/C17H25NS/c1-14-10-15(2)12-16(11-14)13-18-8-9-19-17-6-4-3-5-7-17/h3-7,10,14,16,18H,8-9,11-13H2,1-2H3. The van der Waals surface area contributed by atoms with E-state index in [1.807, 2.05) is 11.8 Å². The van der Waals surface area contributed by atoms with Gasteiger partial charge in [-0.05, 0) is 50.3 Å². The van der Waals surface area contributed by atoms with Crippen molar-refractivity contribution in [2.45, 2.75) is 31.6 Å². The van der Waals surface area contributed by atoms with E-state index in [9.17, 15) is 0 Å². The molecule has 1 aromatic carbocycles. The van der Waals surface area contributed by atoms with Gasteiger partial charge in [-0.1, -0.05) is 36.8 Å². The largest absolute Gasteiger partial charge is 0.316 e. The van der Waals surface area contributed by atoms with E-state index in [0.717, 1.165) is 24.1 Å². The summed E-state index contributed by atoms with van der Waals surface area (Å²) in [6, 6.07) is 10.6. The van der Waals surface area contributed by atoms with E-state index in [2.05, 4.69) is 55.6 Å². The average Bonchev–Trinajstić information content (AvgIpc) is 2.38. The van der Waals surface area contributed by atoms with Crippen LogP contribution in [0.1, 0.15) is 26.7 Å². The molecule has 2 atom stereocenters. The first kappa shape index (κ1) is 14.7. The fourth-order valence-electron chi connectivity index (χ4n) is 2.91. The van der Waals surface area contributed by atoms with E-state index in [0.29, 0.717) is 0 Å². The van der Waals surface area contributed by atoms with Gasteiger partial charge >= 0.3 is 0 Å². The van der Waals surface area contributed by atoms with Crippen molar-refractivity contribution in [2.75, 3.05) is 18.8 Å². The van der Waals surface area contributed by atoms with Crippen LogP contribution in [0.4, 0.5) is 0 Å². The zero-order valence-electron chi connectivity index (χ0n) is 12.1. The third-order valence-corrected chi connectivity index (χ3v) is 4.62. The Balaban J connectivity index is 1.59. The van der Waals surface area contributed by atoms with Gasteiger partial charge in [0.25, 0.3) is 0 Å². The average molecular weight is 275 g/mol. The van der Waals surface area contributed by atoms with E-state index < -0.39 is 0 Å². The van der Waals surface area contributed by atoms with Gasteiger partial charge in [0.15, 0.2) is 0 Å². The molecule has 0 bridgehead atoms. The highest BCUT2D eigenvalue weighted by molar-refractivity contribution is 7.99. The predicted molar refractivity (Wildman–Crippen MR) is 85.7 cm³/mol. The molecule has 104 valence electrons. The first-order valence-electron chi connectivity index (χ1n) is 7.30. The fourth-order valence-corrected chi connectivity index (χ4v) is 3.74. The van der Waals surface area contributed by atoms with Crippen LogP contribution >= 0.6 is 11.8 Å². The second kappa shape index (κ2) is 7.76. The van der Waals surface area contributed by atoms with Crippen molar-refractivity contribution in [3.8, 4) is 0 Å². The van der Waals surface area contributed by atoms with Gasteiger partial charge in [0, 0.05) is 17.2 Å². The molecule has 0 fully saturated rings. The Morgan fingerprint density at radius 3 is 2.79 bits per heavy atom. The van der Waals surface area contributed by atoms with Crippen LogP contribution in [0.25, 0.3) is 0 Å². The maximum atomic E-state index is 3.62. The van der Waals surface area contributed by atoms with Crippen LogP contribution in [0.5, 0.6) is 0 Å². The van der Waals surface area contributed by atoms with Crippen LogP contribution in [0.3, 0.4) is 0 Å². The first-order chi connectivity index (χ1) is 9.24. The van der Waals surface area contributed by atoms with Gasteiger partial charge in [-0.3, -0.25) is 0 Å². The number of hydrogen-bond donors (Lipinski definition) is 1. The topological polar surface area (TPSA) is 12.0 Å². The third-order valence-electron chi connectivity index (χ3n) is 3.61. The highest BCUT2D eigenvalue weighted by Gasteiger charge is 2.17. The molecule has 0 saturated carbocycles. The summed E-state index contributed by atoms with van der Waals surface area (Å²) in [6.07, 6.45) is 5.06. The van der Waals surface area contributed by atoms with E-state index in [4.69, 9.17) is 0 Å². The Labute approximate surface area is 121 Å². The predicted octanol–water partition coefficient (Wildman–Crippen LogP) is 4.36. The molecule has 1 nitrogen and oxygen atoms in total. The summed E-state index contributed by atoms with van der Waals surface area (Å²) < 4.78 is 0. The first-order valence-corrected chi connectivity index (χ1v) is 8.28. The number of thioether (sulfide) groups is 1. The van der Waals surface area contributed by atoms with Gasteiger partial charge in [-0.2, -0.15) is 0 Å². The third kappa shape index (κ3) is 5.42. The molecule has 0 aliphatic heterocycles. The molecular weight excluding hydrogens is 250 g/mol. The molecule has 0 spiro atoms. The van der Waals surface area contributed by atoms with Crippen molar-refractivity contribution in [3.63, 3.8) is 0 Å². The number of hydrogen-bond acceptors (Lipinski definition) is 2. The van der Waals surface area contributed by atoms with E-state index in [1.54, 1.807) is 5.57 Å². The van der Waals surface area contributed by atoms with Crippen LogP contribution < -0.4 is 5.32 Å². The molecule has 0 saturated heterocycles. The SMILES string of the molecule is CC1=CC(C)CC(CNCCSc2ccccc2)C1. The summed E-state index contributed by atoms with van der Waals surface area (Å²) in [5.74, 6) is 2.75. The van der Waals surface area contributed by atoms with Crippen LogP contribution in [0, 0.1) is 11.8 Å². The minimum absolute atomic E-state index is 0.763. The molecule has 2 unspecified atom stereocenters. The molecule has 0 heterocycles. The van der Waals surface area contributed by atoms with Crippen molar-refractivity contribution in [1.29, 1.82) is 0 Å². The molecule has 2 rings (SSSR count). The second-order valence-corrected chi connectivity index (χ2v) is 6.83. The molecule has 2 heteroatoms. The minimum Gasteiger partial charge on any atom is -0.316 e. The monoisotopic (exact) mass is 275 g/mol. The van der Waals surface area contributed by atoms with Crippen LogP contribution in [0.2, 0.25) is 0 Å². The number of nitrogens with one attached hydrogen (secondary N) is 1. The lowest BCUT2D eigenvalue weighted by Crippen LogP contribution is -2.27. The van der Waals surface area contributed by atoms with Gasteiger partial charge in [0.05, 0.1) is 0 Å². The summed E-state index contributed by atoms with van der Waals surface area (Å²) in [5.41, 5.74) is 1.57. The molecule has 1 aliphatic carbocycles. The van der Waals surface area contributed by atoms with E-state index >= 15 is 0 Å². The van der Waals surface area contributed by atoms with Crippen molar-refractivity contribution < 1.29 is 0 Å². The summed E-state index contributed by atoms with van der Waals surface area (Å²) in [4.78, 5) is 1.37. The van der Waals surface area contributed by atoms with Crippen molar-refractivity contribution >= 4 is 11.8 Å². The molecule has 1 aromatic rings. The Hall–Kier alpha value is -0.730. The number of rotatable bonds is 6.